The number of nitrogens with one attached hydrogen (secondary N) is 1. The van der Waals surface area contributed by atoms with Crippen LogP contribution in [0.1, 0.15) is 75.2 Å². The smallest absolute Gasteiger partial charge is 0.224 e. The van der Waals surface area contributed by atoms with Crippen LogP contribution in [-0.4, -0.2) is 26.4 Å². The Labute approximate surface area is 240 Å². The van der Waals surface area contributed by atoms with Gasteiger partial charge in [-0.25, -0.2) is 0 Å². The molecule has 3 heterocycles. The van der Waals surface area contributed by atoms with Gasteiger partial charge in [-0.1, -0.05) is 35.9 Å². The van der Waals surface area contributed by atoms with Crippen molar-refractivity contribution in [3.8, 4) is 11.1 Å². The Morgan fingerprint density at radius 2 is 2.05 bits per heavy atom. The summed E-state index contributed by atoms with van der Waals surface area (Å²) in [5.74, 6) is 1.71. The highest BCUT2D eigenvalue weighted by molar-refractivity contribution is 7.15. The van der Waals surface area contributed by atoms with Crippen molar-refractivity contribution in [1.82, 2.24) is 20.1 Å². The van der Waals surface area contributed by atoms with Gasteiger partial charge in [0.15, 0.2) is 5.82 Å². The molecule has 0 unspecified atom stereocenters. The van der Waals surface area contributed by atoms with Crippen LogP contribution in [0, 0.1) is 24.2 Å². The molecule has 1 N–H and O–H groups in total. The highest BCUT2D eigenvalue weighted by Crippen LogP contribution is 2.54. The standard InChI is InChI=1S/C31H25ClN6OS/c1-16-36-37-30-31(10-11-31)35-27(21-4-2-3-5-23(21)32)26-22-13-19(14-25(22)40-29(26)38(16)30)28(39)34-24-9-7-18-12-17(15-33)6-8-20(18)24/h2-6,8,12,19,24H,7,9-11,13-14H2,1H3,(H,34,39)/t19-,24+/m0/s1. The minimum absolute atomic E-state index is 0.0109. The summed E-state index contributed by atoms with van der Waals surface area (Å²) in [6, 6.07) is 15.9. The molecule has 1 saturated carbocycles. The minimum atomic E-state index is -0.377. The van der Waals surface area contributed by atoms with Crippen LogP contribution >= 0.6 is 22.9 Å². The second-order valence-electron chi connectivity index (χ2n) is 11.3. The van der Waals surface area contributed by atoms with E-state index in [1.807, 2.05) is 49.4 Å². The number of carbonyl (C=O) groups excluding carboxylic acids is 1. The molecule has 2 aromatic carbocycles. The number of aryl methyl sites for hydroxylation is 2. The second kappa shape index (κ2) is 8.60. The SMILES string of the molecule is Cc1nnc2n1-c1sc3c(c1C(c1ccccc1Cl)=NC21CC1)C[C@H](C(=O)N[C@@H]1CCc2cc(C#N)ccc21)C3. The molecule has 2 atom stereocenters. The van der Waals surface area contributed by atoms with E-state index in [0.717, 1.165) is 70.3 Å². The van der Waals surface area contributed by atoms with Crippen molar-refractivity contribution in [3.63, 3.8) is 0 Å². The number of carbonyl (C=O) groups is 1. The summed E-state index contributed by atoms with van der Waals surface area (Å²) in [6.07, 6.45) is 4.96. The average Bonchev–Trinajstić information content (AvgIpc) is 3.24. The van der Waals surface area contributed by atoms with Gasteiger partial charge < -0.3 is 5.32 Å². The van der Waals surface area contributed by atoms with E-state index in [1.165, 1.54) is 10.4 Å². The van der Waals surface area contributed by atoms with Gasteiger partial charge in [-0.15, -0.1) is 21.5 Å². The predicted molar refractivity (Wildman–Crippen MR) is 153 cm³/mol. The number of hydrogen-bond donors (Lipinski definition) is 1. The van der Waals surface area contributed by atoms with Crippen LogP contribution in [-0.2, 0) is 29.6 Å². The number of amides is 1. The average molecular weight is 565 g/mol. The van der Waals surface area contributed by atoms with E-state index in [1.54, 1.807) is 11.3 Å². The molecule has 1 spiro atoms. The van der Waals surface area contributed by atoms with Crippen LogP contribution in [0.15, 0.2) is 47.5 Å². The van der Waals surface area contributed by atoms with E-state index >= 15 is 0 Å². The number of aliphatic imine (C=N–C) groups is 1. The lowest BCUT2D eigenvalue weighted by Gasteiger charge is -2.18. The van der Waals surface area contributed by atoms with E-state index in [9.17, 15) is 10.1 Å². The molecule has 1 aliphatic heterocycles. The minimum Gasteiger partial charge on any atom is -0.349 e. The number of nitrogens with zero attached hydrogens (tertiary/aromatic N) is 5. The fraction of sp³-hybridized carbons (Fsp3) is 0.323. The first kappa shape index (κ1) is 24.0. The zero-order valence-electron chi connectivity index (χ0n) is 21.9. The number of thiophene rings is 1. The second-order valence-corrected chi connectivity index (χ2v) is 12.8. The summed E-state index contributed by atoms with van der Waals surface area (Å²) in [7, 11) is 0. The molecule has 0 bridgehead atoms. The van der Waals surface area contributed by atoms with Gasteiger partial charge >= 0.3 is 0 Å². The number of fused-ring (bicyclic) bond motifs is 7. The van der Waals surface area contributed by atoms with E-state index in [-0.39, 0.29) is 23.4 Å². The summed E-state index contributed by atoms with van der Waals surface area (Å²) in [4.78, 5) is 20.2. The molecule has 8 rings (SSSR count). The van der Waals surface area contributed by atoms with Crippen molar-refractivity contribution >= 4 is 34.6 Å². The quantitative estimate of drug-likeness (QED) is 0.354. The molecule has 9 heteroatoms. The first-order chi connectivity index (χ1) is 19.5. The van der Waals surface area contributed by atoms with Gasteiger partial charge in [-0.05, 0) is 80.3 Å². The molecule has 7 nitrogen and oxygen atoms in total. The van der Waals surface area contributed by atoms with Gasteiger partial charge in [-0.3, -0.25) is 14.4 Å². The van der Waals surface area contributed by atoms with Gasteiger partial charge in [0.2, 0.25) is 5.91 Å². The van der Waals surface area contributed by atoms with Crippen LogP contribution in [0.25, 0.3) is 5.00 Å². The molecule has 1 fully saturated rings. The van der Waals surface area contributed by atoms with Gasteiger partial charge in [-0.2, -0.15) is 5.26 Å². The number of nitriles is 1. The maximum atomic E-state index is 13.6. The third-order valence-corrected chi connectivity index (χ3v) is 10.4. The van der Waals surface area contributed by atoms with Crippen molar-refractivity contribution in [3.05, 3.63) is 97.4 Å². The summed E-state index contributed by atoms with van der Waals surface area (Å²) < 4.78 is 2.19. The van der Waals surface area contributed by atoms with E-state index in [0.29, 0.717) is 23.4 Å². The monoisotopic (exact) mass is 564 g/mol. The lowest BCUT2D eigenvalue weighted by molar-refractivity contribution is -0.125. The Hall–Kier alpha value is -3.80. The van der Waals surface area contributed by atoms with Gasteiger partial charge in [0.1, 0.15) is 16.4 Å². The summed E-state index contributed by atoms with van der Waals surface area (Å²) in [5.41, 5.74) is 6.68. The fourth-order valence-corrected chi connectivity index (χ4v) is 8.35. The van der Waals surface area contributed by atoms with Crippen molar-refractivity contribution in [1.29, 1.82) is 5.26 Å². The zero-order valence-corrected chi connectivity index (χ0v) is 23.4. The van der Waals surface area contributed by atoms with Gasteiger partial charge in [0.05, 0.1) is 23.4 Å². The van der Waals surface area contributed by atoms with Crippen molar-refractivity contribution < 1.29 is 4.79 Å². The van der Waals surface area contributed by atoms with E-state index < -0.39 is 0 Å². The molecule has 1 amide bonds. The molecule has 2 aromatic heterocycles. The Kier molecular flexibility index (Phi) is 5.17. The fourth-order valence-electron chi connectivity index (χ4n) is 6.66. The number of benzene rings is 2. The van der Waals surface area contributed by atoms with Gasteiger partial charge in [0.25, 0.3) is 0 Å². The first-order valence-electron chi connectivity index (χ1n) is 13.7. The summed E-state index contributed by atoms with van der Waals surface area (Å²) in [5, 5.41) is 23.4. The Bertz CT molecular complexity index is 1820. The van der Waals surface area contributed by atoms with Gasteiger partial charge in [0, 0.05) is 26.9 Å². The van der Waals surface area contributed by atoms with Crippen LogP contribution in [0.3, 0.4) is 0 Å². The maximum Gasteiger partial charge on any atom is 0.224 e. The van der Waals surface area contributed by atoms with Crippen molar-refractivity contribution in [2.45, 2.75) is 57.0 Å². The summed E-state index contributed by atoms with van der Waals surface area (Å²) >= 11 is 8.50. The Morgan fingerprint density at radius 3 is 2.85 bits per heavy atom. The Morgan fingerprint density at radius 1 is 1.20 bits per heavy atom. The predicted octanol–water partition coefficient (Wildman–Crippen LogP) is 5.52. The van der Waals surface area contributed by atoms with E-state index in [4.69, 9.17) is 16.6 Å². The number of rotatable bonds is 3. The first-order valence-corrected chi connectivity index (χ1v) is 14.9. The molecule has 40 heavy (non-hydrogen) atoms. The van der Waals surface area contributed by atoms with E-state index in [2.05, 4.69) is 26.2 Å². The number of hydrogen-bond acceptors (Lipinski definition) is 6. The molecule has 0 radical (unpaired) electrons. The molecule has 4 aliphatic rings. The van der Waals surface area contributed by atoms with Crippen molar-refractivity contribution in [2.75, 3.05) is 0 Å². The molecular formula is C31H25ClN6OS. The normalized spacial score (nSPS) is 21.1. The number of aromatic nitrogens is 3. The van der Waals surface area contributed by atoms with Crippen LogP contribution in [0.2, 0.25) is 5.02 Å². The molecule has 0 saturated heterocycles. The molecule has 3 aliphatic carbocycles. The molecule has 4 aromatic rings. The maximum absolute atomic E-state index is 13.6. The number of halogens is 1. The lowest BCUT2D eigenvalue weighted by Crippen LogP contribution is -2.33. The van der Waals surface area contributed by atoms with Crippen LogP contribution in [0.4, 0.5) is 0 Å². The lowest BCUT2D eigenvalue weighted by atomic mass is 9.97. The highest BCUT2D eigenvalue weighted by atomic mass is 35.5. The largest absolute Gasteiger partial charge is 0.349 e. The van der Waals surface area contributed by atoms with Crippen LogP contribution in [0.5, 0.6) is 0 Å². The van der Waals surface area contributed by atoms with Crippen molar-refractivity contribution in [2.24, 2.45) is 10.9 Å². The highest BCUT2D eigenvalue weighted by Gasteiger charge is 2.52. The zero-order chi connectivity index (χ0) is 27.2. The molecule has 198 valence electrons. The topological polar surface area (TPSA) is 96.0 Å². The molecular weight excluding hydrogens is 540 g/mol. The third kappa shape index (κ3) is 3.47. The van der Waals surface area contributed by atoms with Crippen LogP contribution < -0.4 is 5.32 Å². The third-order valence-electron chi connectivity index (χ3n) is 8.85. The Balaban J connectivity index is 1.16. The summed E-state index contributed by atoms with van der Waals surface area (Å²) in [6.45, 7) is 2.00.